The Hall–Kier alpha value is -0.460. The molecule has 0 saturated carbocycles. The van der Waals surface area contributed by atoms with Crippen molar-refractivity contribution in [3.8, 4) is 0 Å². The Kier molecular flexibility index (Phi) is 4.96. The Morgan fingerprint density at radius 1 is 1.24 bits per heavy atom. The monoisotopic (exact) mass is 388 g/mol. The highest BCUT2D eigenvalue weighted by molar-refractivity contribution is 9.10. The summed E-state index contributed by atoms with van der Waals surface area (Å²) < 4.78 is 14.8. The molecule has 0 amide bonds. The Balaban J connectivity index is 2.00. The molecule has 1 aromatic carbocycles. The molecular formula is C15H15BrClFN2S. The van der Waals surface area contributed by atoms with Crippen molar-refractivity contribution in [2.75, 3.05) is 26.2 Å². The van der Waals surface area contributed by atoms with Crippen LogP contribution in [0.25, 0.3) is 0 Å². The van der Waals surface area contributed by atoms with Crippen LogP contribution in [-0.2, 0) is 0 Å². The van der Waals surface area contributed by atoms with Gasteiger partial charge in [0.25, 0.3) is 0 Å². The molecule has 0 radical (unpaired) electrons. The van der Waals surface area contributed by atoms with E-state index in [2.05, 4.69) is 32.2 Å². The highest BCUT2D eigenvalue weighted by Gasteiger charge is 2.25. The zero-order valence-electron chi connectivity index (χ0n) is 11.3. The van der Waals surface area contributed by atoms with Crippen LogP contribution in [0.1, 0.15) is 16.5 Å². The Bertz CT molecular complexity index is 628. The van der Waals surface area contributed by atoms with Crippen LogP contribution < -0.4 is 5.32 Å². The third-order valence-electron chi connectivity index (χ3n) is 3.64. The van der Waals surface area contributed by atoms with Gasteiger partial charge in [0.1, 0.15) is 5.82 Å². The molecule has 0 aliphatic carbocycles. The quantitative estimate of drug-likeness (QED) is 0.842. The van der Waals surface area contributed by atoms with Crippen LogP contribution in [0.5, 0.6) is 0 Å². The summed E-state index contributed by atoms with van der Waals surface area (Å²) in [4.78, 5) is 3.61. The second-order valence-corrected chi connectivity index (χ2v) is 7.60. The van der Waals surface area contributed by atoms with Gasteiger partial charge in [0.05, 0.1) is 14.9 Å². The van der Waals surface area contributed by atoms with Crippen molar-refractivity contribution in [2.45, 2.75) is 6.04 Å². The molecule has 1 aliphatic rings. The average Bonchev–Trinajstić information content (AvgIpc) is 2.90. The third-order valence-corrected chi connectivity index (χ3v) is 5.53. The van der Waals surface area contributed by atoms with Crippen molar-refractivity contribution >= 4 is 38.9 Å². The number of nitrogens with one attached hydrogen (secondary N) is 1. The van der Waals surface area contributed by atoms with Gasteiger partial charge in [0.15, 0.2) is 0 Å². The fourth-order valence-corrected chi connectivity index (χ4v) is 4.27. The van der Waals surface area contributed by atoms with Gasteiger partial charge in [-0.2, -0.15) is 0 Å². The maximum atomic E-state index is 13.5. The molecule has 21 heavy (non-hydrogen) atoms. The maximum absolute atomic E-state index is 13.5. The van der Waals surface area contributed by atoms with Crippen LogP contribution in [-0.4, -0.2) is 31.1 Å². The predicted molar refractivity (Wildman–Crippen MR) is 89.7 cm³/mol. The van der Waals surface area contributed by atoms with Crippen molar-refractivity contribution in [3.63, 3.8) is 0 Å². The summed E-state index contributed by atoms with van der Waals surface area (Å²) >= 11 is 11.0. The lowest BCUT2D eigenvalue weighted by Crippen LogP contribution is -2.45. The van der Waals surface area contributed by atoms with Crippen LogP contribution in [0.3, 0.4) is 0 Å². The van der Waals surface area contributed by atoms with Crippen LogP contribution >= 0.6 is 38.9 Å². The number of hydrogen-bond acceptors (Lipinski definition) is 3. The van der Waals surface area contributed by atoms with E-state index in [1.165, 1.54) is 10.9 Å². The van der Waals surface area contributed by atoms with Gasteiger partial charge in [0.2, 0.25) is 0 Å². The van der Waals surface area contributed by atoms with Crippen LogP contribution in [0.2, 0.25) is 4.34 Å². The van der Waals surface area contributed by atoms with E-state index in [4.69, 9.17) is 11.6 Å². The number of piperazine rings is 1. The van der Waals surface area contributed by atoms with E-state index in [-0.39, 0.29) is 11.9 Å². The third kappa shape index (κ3) is 3.48. The zero-order valence-corrected chi connectivity index (χ0v) is 14.4. The summed E-state index contributed by atoms with van der Waals surface area (Å²) in [5, 5.41) is 3.36. The van der Waals surface area contributed by atoms with Gasteiger partial charge < -0.3 is 5.32 Å². The molecule has 1 aromatic heterocycles. The number of thiophene rings is 1. The summed E-state index contributed by atoms with van der Waals surface area (Å²) in [6.07, 6.45) is 0. The largest absolute Gasteiger partial charge is 0.314 e. The topological polar surface area (TPSA) is 15.3 Å². The molecule has 1 atom stereocenters. The normalized spacial score (nSPS) is 17.9. The molecule has 2 heterocycles. The fraction of sp³-hybridized carbons (Fsp3) is 0.333. The molecule has 0 bridgehead atoms. The highest BCUT2D eigenvalue weighted by Crippen LogP contribution is 2.36. The van der Waals surface area contributed by atoms with E-state index < -0.39 is 0 Å². The Morgan fingerprint density at radius 3 is 2.62 bits per heavy atom. The molecule has 1 N–H and O–H groups in total. The molecule has 0 unspecified atom stereocenters. The van der Waals surface area contributed by atoms with Gasteiger partial charge in [-0.25, -0.2) is 4.39 Å². The van der Waals surface area contributed by atoms with Gasteiger partial charge in [-0.15, -0.1) is 11.3 Å². The highest BCUT2D eigenvalue weighted by atomic mass is 79.9. The first-order valence-corrected chi connectivity index (χ1v) is 8.79. The smallest absolute Gasteiger partial charge is 0.137 e. The standard InChI is InChI=1S/C15H15BrClFN2S/c16-11-9-10(1-2-12(11)18)15(13-3-4-14(17)21-13)20-7-5-19-6-8-20/h1-4,9,15,19H,5-8H2/t15-/m1/s1. The first kappa shape index (κ1) is 15.4. The second kappa shape index (κ2) is 6.75. The van der Waals surface area contributed by atoms with Crippen molar-refractivity contribution in [2.24, 2.45) is 0 Å². The SMILES string of the molecule is Fc1ccc([C@H](c2ccc(Cl)s2)N2CCNCC2)cc1Br. The van der Waals surface area contributed by atoms with Gasteiger partial charge >= 0.3 is 0 Å². The van der Waals surface area contributed by atoms with Crippen LogP contribution in [0, 0.1) is 5.82 Å². The minimum Gasteiger partial charge on any atom is -0.314 e. The first-order valence-electron chi connectivity index (χ1n) is 6.80. The van der Waals surface area contributed by atoms with Gasteiger partial charge in [-0.1, -0.05) is 17.7 Å². The molecule has 2 nitrogen and oxygen atoms in total. The molecular weight excluding hydrogens is 375 g/mol. The maximum Gasteiger partial charge on any atom is 0.137 e. The molecule has 3 rings (SSSR count). The Morgan fingerprint density at radius 2 is 2.00 bits per heavy atom. The minimum absolute atomic E-state index is 0.126. The zero-order chi connectivity index (χ0) is 14.8. The molecule has 1 aliphatic heterocycles. The van der Waals surface area contributed by atoms with Gasteiger partial charge in [-0.05, 0) is 45.8 Å². The van der Waals surface area contributed by atoms with Gasteiger partial charge in [-0.3, -0.25) is 4.90 Å². The van der Waals surface area contributed by atoms with E-state index in [9.17, 15) is 4.39 Å². The summed E-state index contributed by atoms with van der Waals surface area (Å²) in [6, 6.07) is 9.37. The van der Waals surface area contributed by atoms with E-state index in [1.807, 2.05) is 18.2 Å². The lowest BCUT2D eigenvalue weighted by atomic mass is 10.0. The van der Waals surface area contributed by atoms with Crippen LogP contribution in [0.15, 0.2) is 34.8 Å². The van der Waals surface area contributed by atoms with Crippen molar-refractivity contribution < 1.29 is 4.39 Å². The van der Waals surface area contributed by atoms with Crippen LogP contribution in [0.4, 0.5) is 4.39 Å². The number of hydrogen-bond donors (Lipinski definition) is 1. The molecule has 1 fully saturated rings. The molecule has 1 saturated heterocycles. The van der Waals surface area contributed by atoms with E-state index in [1.54, 1.807) is 11.3 Å². The summed E-state index contributed by atoms with van der Waals surface area (Å²) in [5.74, 6) is -0.234. The lowest BCUT2D eigenvalue weighted by Gasteiger charge is -2.34. The first-order chi connectivity index (χ1) is 10.1. The molecule has 0 spiro atoms. The Labute approximate surface area is 141 Å². The lowest BCUT2D eigenvalue weighted by molar-refractivity contribution is 0.200. The average molecular weight is 390 g/mol. The predicted octanol–water partition coefficient (Wildman–Crippen LogP) is 4.30. The van der Waals surface area contributed by atoms with E-state index >= 15 is 0 Å². The number of nitrogens with zero attached hydrogens (tertiary/aromatic N) is 1. The summed E-state index contributed by atoms with van der Waals surface area (Å²) in [6.45, 7) is 3.88. The van der Waals surface area contributed by atoms with Gasteiger partial charge in [0, 0.05) is 31.1 Å². The summed E-state index contributed by atoms with van der Waals surface area (Å²) in [5.41, 5.74) is 1.09. The molecule has 112 valence electrons. The van der Waals surface area contributed by atoms with E-state index in [0.717, 1.165) is 36.1 Å². The second-order valence-electron chi connectivity index (χ2n) is 5.00. The van der Waals surface area contributed by atoms with Crippen molar-refractivity contribution in [3.05, 3.63) is 55.4 Å². The van der Waals surface area contributed by atoms with E-state index in [0.29, 0.717) is 4.47 Å². The molecule has 6 heteroatoms. The van der Waals surface area contributed by atoms with Crippen molar-refractivity contribution in [1.82, 2.24) is 10.2 Å². The number of benzene rings is 1. The minimum atomic E-state index is -0.234. The van der Waals surface area contributed by atoms with Crippen molar-refractivity contribution in [1.29, 1.82) is 0 Å². The summed E-state index contributed by atoms with van der Waals surface area (Å²) in [7, 11) is 0. The molecule has 2 aromatic rings. The fourth-order valence-electron chi connectivity index (χ4n) is 2.65. The number of halogens is 3. The number of rotatable bonds is 3.